The highest BCUT2D eigenvalue weighted by molar-refractivity contribution is 7.90. The summed E-state index contributed by atoms with van der Waals surface area (Å²) in [6, 6.07) is 9.84. The number of sulfone groups is 1. The van der Waals surface area contributed by atoms with Crippen molar-refractivity contribution in [2.75, 3.05) is 5.75 Å². The van der Waals surface area contributed by atoms with Gasteiger partial charge >= 0.3 is 6.18 Å². The highest BCUT2D eigenvalue weighted by Crippen LogP contribution is 2.35. The molecule has 1 amide bonds. The van der Waals surface area contributed by atoms with Crippen molar-refractivity contribution in [3.05, 3.63) is 66.0 Å². The molecule has 170 valence electrons. The number of carbonyl (C=O) groups is 1. The molecule has 3 rings (SSSR count). The maximum atomic E-state index is 13.8. The number of rotatable bonds is 9. The third-order valence-electron chi connectivity index (χ3n) is 4.97. The van der Waals surface area contributed by atoms with Gasteiger partial charge in [-0.2, -0.15) is 18.4 Å². The number of benzene rings is 1. The molecule has 1 saturated carbocycles. The van der Waals surface area contributed by atoms with Crippen LogP contribution in [0.4, 0.5) is 13.2 Å². The fraction of sp³-hybridized carbons (Fsp3) is 0.381. The lowest BCUT2D eigenvalue weighted by molar-refractivity contribution is -0.161. The second kappa shape index (κ2) is 9.26. The van der Waals surface area contributed by atoms with Crippen molar-refractivity contribution in [1.82, 2.24) is 15.6 Å². The van der Waals surface area contributed by atoms with Gasteiger partial charge in [0.2, 0.25) is 5.91 Å². The van der Waals surface area contributed by atoms with E-state index in [9.17, 15) is 31.6 Å². The summed E-state index contributed by atoms with van der Waals surface area (Å²) in [5.74, 6) is -2.30. The molecule has 1 aromatic heterocycles. The number of carbonyl (C=O) groups excluding carboxylic acids is 1. The van der Waals surface area contributed by atoms with Crippen molar-refractivity contribution in [2.24, 2.45) is 0 Å². The van der Waals surface area contributed by atoms with E-state index >= 15 is 0 Å². The minimum Gasteiger partial charge on any atom is -0.336 e. The predicted molar refractivity (Wildman–Crippen MR) is 110 cm³/mol. The summed E-state index contributed by atoms with van der Waals surface area (Å²) >= 11 is 0. The minimum absolute atomic E-state index is 0.349. The number of nitrogens with zero attached hydrogens (tertiary/aromatic N) is 2. The molecule has 7 nitrogen and oxygen atoms in total. The van der Waals surface area contributed by atoms with Crippen LogP contribution in [0.25, 0.3) is 0 Å². The van der Waals surface area contributed by atoms with E-state index in [0.717, 1.165) is 6.07 Å². The summed E-state index contributed by atoms with van der Waals surface area (Å²) in [4.78, 5) is 16.5. The van der Waals surface area contributed by atoms with Gasteiger partial charge in [-0.1, -0.05) is 36.4 Å². The van der Waals surface area contributed by atoms with Crippen LogP contribution < -0.4 is 10.6 Å². The number of amides is 1. The standard InChI is InChI=1S/C21H21F3N4O3S/c22-21(23,24)18(16-8-4-5-11-26-16)27-17(19(29)28-20(14-25)9-10-20)13-32(30,31)12-15-6-2-1-3-7-15/h1-8,11,17-18,27H,9-10,12-13H2,(H,28,29)/t17-,18?/m0/s1. The molecule has 11 heteroatoms. The zero-order valence-corrected chi connectivity index (χ0v) is 17.7. The van der Waals surface area contributed by atoms with Crippen molar-refractivity contribution in [1.29, 1.82) is 5.26 Å². The lowest BCUT2D eigenvalue weighted by Gasteiger charge is -2.27. The normalized spacial score (nSPS) is 17.1. The quantitative estimate of drug-likeness (QED) is 0.587. The number of alkyl halides is 3. The summed E-state index contributed by atoms with van der Waals surface area (Å²) in [6.45, 7) is 0. The van der Waals surface area contributed by atoms with Crippen LogP contribution >= 0.6 is 0 Å². The van der Waals surface area contributed by atoms with Gasteiger partial charge in [0.1, 0.15) is 17.6 Å². The van der Waals surface area contributed by atoms with Crippen molar-refractivity contribution in [3.63, 3.8) is 0 Å². The molecule has 1 aliphatic carbocycles. The molecule has 1 aliphatic rings. The Morgan fingerprint density at radius 1 is 1.16 bits per heavy atom. The maximum absolute atomic E-state index is 13.8. The van der Waals surface area contributed by atoms with Gasteiger partial charge in [0.05, 0.1) is 23.3 Å². The van der Waals surface area contributed by atoms with Gasteiger partial charge in [0.15, 0.2) is 9.84 Å². The molecule has 0 bridgehead atoms. The highest BCUT2D eigenvalue weighted by atomic mass is 32.2. The van der Waals surface area contributed by atoms with Crippen LogP contribution in [0.5, 0.6) is 0 Å². The molecule has 1 heterocycles. The number of halogens is 3. The summed E-state index contributed by atoms with van der Waals surface area (Å²) < 4.78 is 66.9. The first-order chi connectivity index (χ1) is 15.0. The molecule has 32 heavy (non-hydrogen) atoms. The van der Waals surface area contributed by atoms with Gasteiger partial charge in [-0.05, 0) is 30.5 Å². The first kappa shape index (κ1) is 23.7. The summed E-state index contributed by atoms with van der Waals surface area (Å²) in [5.41, 5.74) is -1.13. The number of nitriles is 1. The fourth-order valence-electron chi connectivity index (χ4n) is 3.15. The van der Waals surface area contributed by atoms with Crippen LogP contribution in [0.3, 0.4) is 0 Å². The average molecular weight is 466 g/mol. The molecule has 0 aliphatic heterocycles. The molecular formula is C21H21F3N4O3S. The van der Waals surface area contributed by atoms with Crippen molar-refractivity contribution in [3.8, 4) is 6.07 Å². The van der Waals surface area contributed by atoms with Crippen LogP contribution in [0.1, 0.15) is 30.1 Å². The van der Waals surface area contributed by atoms with Crippen LogP contribution in [-0.2, 0) is 20.4 Å². The first-order valence-corrected chi connectivity index (χ1v) is 11.6. The molecule has 0 radical (unpaired) electrons. The monoisotopic (exact) mass is 466 g/mol. The summed E-state index contributed by atoms with van der Waals surface area (Å²) in [5, 5.41) is 13.7. The van der Waals surface area contributed by atoms with E-state index in [1.165, 1.54) is 18.3 Å². The third kappa shape index (κ3) is 6.27. The van der Waals surface area contributed by atoms with E-state index in [0.29, 0.717) is 18.4 Å². The van der Waals surface area contributed by atoms with E-state index < -0.39 is 56.7 Å². The third-order valence-corrected chi connectivity index (χ3v) is 6.59. The Bertz CT molecular complexity index is 1080. The molecule has 1 unspecified atom stereocenters. The summed E-state index contributed by atoms with van der Waals surface area (Å²) in [6.07, 6.45) is -2.97. The van der Waals surface area contributed by atoms with Gasteiger partial charge in [0.25, 0.3) is 0 Å². The molecule has 2 aromatic rings. The largest absolute Gasteiger partial charge is 0.409 e. The molecule has 2 atom stereocenters. The van der Waals surface area contributed by atoms with Gasteiger partial charge in [-0.15, -0.1) is 0 Å². The topological polar surface area (TPSA) is 112 Å². The molecule has 0 spiro atoms. The van der Waals surface area contributed by atoms with Gasteiger partial charge < -0.3 is 5.32 Å². The van der Waals surface area contributed by atoms with E-state index in [1.54, 1.807) is 30.3 Å². The SMILES string of the molecule is N#CC1(NC(=O)[C@H](CS(=O)(=O)Cc2ccccc2)NC(c2ccccn2)C(F)(F)F)CC1. The molecule has 2 N–H and O–H groups in total. The Labute approximate surface area is 183 Å². The van der Waals surface area contributed by atoms with Crippen LogP contribution in [0.2, 0.25) is 0 Å². The van der Waals surface area contributed by atoms with E-state index in [2.05, 4.69) is 15.6 Å². The molecular weight excluding hydrogens is 445 g/mol. The fourth-order valence-corrected chi connectivity index (χ4v) is 4.72. The highest BCUT2D eigenvalue weighted by Gasteiger charge is 2.48. The average Bonchev–Trinajstić information content (AvgIpc) is 3.51. The Hall–Kier alpha value is -2.97. The second-order valence-electron chi connectivity index (χ2n) is 7.67. The Morgan fingerprint density at radius 3 is 2.34 bits per heavy atom. The number of nitrogens with one attached hydrogen (secondary N) is 2. The zero-order chi connectivity index (χ0) is 23.4. The molecule has 0 saturated heterocycles. The molecule has 1 aromatic carbocycles. The van der Waals surface area contributed by atoms with Crippen molar-refractivity contribution >= 4 is 15.7 Å². The predicted octanol–water partition coefficient (Wildman–Crippen LogP) is 2.43. The van der Waals surface area contributed by atoms with E-state index in [4.69, 9.17) is 0 Å². The van der Waals surface area contributed by atoms with E-state index in [-0.39, 0.29) is 0 Å². The smallest absolute Gasteiger partial charge is 0.336 e. The van der Waals surface area contributed by atoms with Crippen LogP contribution in [-0.4, -0.2) is 42.8 Å². The van der Waals surface area contributed by atoms with Crippen LogP contribution in [0.15, 0.2) is 54.7 Å². The van der Waals surface area contributed by atoms with Crippen molar-refractivity contribution < 1.29 is 26.4 Å². The number of pyridine rings is 1. The maximum Gasteiger partial charge on any atom is 0.409 e. The van der Waals surface area contributed by atoms with Gasteiger partial charge in [-0.25, -0.2) is 8.42 Å². The Kier molecular flexibility index (Phi) is 6.85. The lowest BCUT2D eigenvalue weighted by Crippen LogP contribution is -2.54. The van der Waals surface area contributed by atoms with Gasteiger partial charge in [0, 0.05) is 6.20 Å². The number of hydrogen-bond acceptors (Lipinski definition) is 6. The Morgan fingerprint density at radius 2 is 1.81 bits per heavy atom. The van der Waals surface area contributed by atoms with Crippen molar-refractivity contribution in [2.45, 2.75) is 42.4 Å². The Balaban J connectivity index is 1.87. The van der Waals surface area contributed by atoms with Crippen LogP contribution in [0, 0.1) is 11.3 Å². The van der Waals surface area contributed by atoms with E-state index in [1.807, 2.05) is 6.07 Å². The summed E-state index contributed by atoms with van der Waals surface area (Å²) in [7, 11) is -3.99. The lowest BCUT2D eigenvalue weighted by atomic mass is 10.1. The minimum atomic E-state index is -4.84. The zero-order valence-electron chi connectivity index (χ0n) is 16.8. The number of aromatic nitrogens is 1. The first-order valence-electron chi connectivity index (χ1n) is 9.75. The van der Waals surface area contributed by atoms with Gasteiger partial charge in [-0.3, -0.25) is 15.1 Å². The number of hydrogen-bond donors (Lipinski definition) is 2. The molecule has 1 fully saturated rings. The second-order valence-corrected chi connectivity index (χ2v) is 9.78.